The lowest BCUT2D eigenvalue weighted by atomic mass is 9.95. The maximum atomic E-state index is 11.8. The molecule has 0 aliphatic carbocycles. The molecular weight excluding hydrogens is 266 g/mol. The van der Waals surface area contributed by atoms with Gasteiger partial charge in [0.05, 0.1) is 19.2 Å². The van der Waals surface area contributed by atoms with Gasteiger partial charge in [0.25, 0.3) is 0 Å². The van der Waals surface area contributed by atoms with Crippen molar-refractivity contribution in [1.82, 2.24) is 5.43 Å². The lowest BCUT2D eigenvalue weighted by Gasteiger charge is -2.10. The van der Waals surface area contributed by atoms with Crippen LogP contribution < -0.4 is 15.9 Å². The number of hydrogen-bond donors (Lipinski definition) is 2. The van der Waals surface area contributed by atoms with Gasteiger partial charge in [0.15, 0.2) is 0 Å². The van der Waals surface area contributed by atoms with Crippen molar-refractivity contribution >= 4 is 17.3 Å². The van der Waals surface area contributed by atoms with Crippen LogP contribution in [0.3, 0.4) is 0 Å². The second-order valence-corrected chi connectivity index (χ2v) is 4.82. The number of benzene rings is 2. The van der Waals surface area contributed by atoms with Gasteiger partial charge in [0.2, 0.25) is 5.91 Å². The third-order valence-corrected chi connectivity index (χ3v) is 3.40. The van der Waals surface area contributed by atoms with Crippen LogP contribution in [-0.4, -0.2) is 18.7 Å². The van der Waals surface area contributed by atoms with E-state index in [1.807, 2.05) is 42.5 Å². The number of ether oxygens (including phenoxy) is 1. The quantitative estimate of drug-likeness (QED) is 0.823. The Hall–Kier alpha value is -2.82. The molecule has 0 saturated carbocycles. The second kappa shape index (κ2) is 5.28. The summed E-state index contributed by atoms with van der Waals surface area (Å²) in [6, 6.07) is 13.0. The smallest absolute Gasteiger partial charge is 0.244 e. The first kappa shape index (κ1) is 13.2. The van der Waals surface area contributed by atoms with Gasteiger partial charge in [-0.05, 0) is 29.8 Å². The predicted octanol–water partition coefficient (Wildman–Crippen LogP) is 1.70. The Balaban J connectivity index is 2.16. The number of hydrogen-bond acceptors (Lipinski definition) is 4. The highest BCUT2D eigenvalue weighted by Gasteiger charge is 2.19. The maximum Gasteiger partial charge on any atom is 0.244 e. The average Bonchev–Trinajstić information content (AvgIpc) is 2.66. The molecule has 21 heavy (non-hydrogen) atoms. The summed E-state index contributed by atoms with van der Waals surface area (Å²) in [4.78, 5) is 11.8. The molecule has 5 heteroatoms. The van der Waals surface area contributed by atoms with Crippen molar-refractivity contribution in [2.24, 2.45) is 5.10 Å². The van der Waals surface area contributed by atoms with Crippen LogP contribution in [0.25, 0.3) is 0 Å². The Bertz CT molecular complexity index is 721. The van der Waals surface area contributed by atoms with Gasteiger partial charge in [0, 0.05) is 16.8 Å². The van der Waals surface area contributed by atoms with Crippen LogP contribution in [-0.2, 0) is 11.2 Å². The molecule has 106 valence electrons. The molecule has 0 fully saturated rings. The van der Waals surface area contributed by atoms with Crippen LogP contribution in [0.1, 0.15) is 16.7 Å². The van der Waals surface area contributed by atoms with E-state index in [2.05, 4.69) is 10.5 Å². The van der Waals surface area contributed by atoms with E-state index in [9.17, 15) is 4.79 Å². The number of nitrogens with two attached hydrogens (primary N) is 1. The minimum absolute atomic E-state index is 0.133. The zero-order valence-corrected chi connectivity index (χ0v) is 11.6. The number of amides is 1. The normalized spacial score (nSPS) is 13.8. The molecule has 1 aliphatic heterocycles. The number of nitrogens with zero attached hydrogens (tertiary/aromatic N) is 1. The summed E-state index contributed by atoms with van der Waals surface area (Å²) in [6.07, 6.45) is 0.293. The first-order chi connectivity index (χ1) is 10.2. The molecule has 3 rings (SSSR count). The average molecular weight is 281 g/mol. The number of anilines is 1. The van der Waals surface area contributed by atoms with E-state index < -0.39 is 0 Å². The van der Waals surface area contributed by atoms with Crippen LogP contribution in [0.15, 0.2) is 47.6 Å². The molecule has 0 radical (unpaired) electrons. The summed E-state index contributed by atoms with van der Waals surface area (Å²) in [5, 5.41) is 4.24. The van der Waals surface area contributed by atoms with Gasteiger partial charge in [0.1, 0.15) is 5.75 Å². The summed E-state index contributed by atoms with van der Waals surface area (Å²) in [5.41, 5.74) is 12.4. The molecule has 1 heterocycles. The number of carbonyl (C=O) groups excluding carboxylic acids is 1. The number of nitrogens with one attached hydrogen (secondary N) is 1. The fourth-order valence-corrected chi connectivity index (χ4v) is 2.31. The molecule has 0 unspecified atom stereocenters. The van der Waals surface area contributed by atoms with Gasteiger partial charge >= 0.3 is 0 Å². The lowest BCUT2D eigenvalue weighted by Crippen LogP contribution is -2.18. The van der Waals surface area contributed by atoms with Gasteiger partial charge in [-0.3, -0.25) is 4.79 Å². The molecule has 0 spiro atoms. The zero-order chi connectivity index (χ0) is 14.8. The van der Waals surface area contributed by atoms with Crippen molar-refractivity contribution < 1.29 is 9.53 Å². The highest BCUT2D eigenvalue weighted by atomic mass is 16.5. The van der Waals surface area contributed by atoms with Crippen LogP contribution in [0.4, 0.5) is 5.69 Å². The second-order valence-electron chi connectivity index (χ2n) is 4.82. The number of methoxy groups -OCH3 is 1. The zero-order valence-electron chi connectivity index (χ0n) is 11.6. The molecule has 0 atom stereocenters. The maximum absolute atomic E-state index is 11.8. The van der Waals surface area contributed by atoms with Gasteiger partial charge in [-0.1, -0.05) is 18.2 Å². The summed E-state index contributed by atoms with van der Waals surface area (Å²) in [5.74, 6) is 0.595. The molecule has 0 saturated heterocycles. The topological polar surface area (TPSA) is 76.7 Å². The number of fused-ring (bicyclic) bond motifs is 1. The number of rotatable bonds is 2. The van der Waals surface area contributed by atoms with E-state index in [0.717, 1.165) is 22.4 Å². The Kier molecular flexibility index (Phi) is 3.31. The Morgan fingerprint density at radius 3 is 2.67 bits per heavy atom. The van der Waals surface area contributed by atoms with Crippen molar-refractivity contribution in [3.63, 3.8) is 0 Å². The molecule has 1 amide bonds. The van der Waals surface area contributed by atoms with Gasteiger partial charge < -0.3 is 10.5 Å². The highest BCUT2D eigenvalue weighted by molar-refractivity contribution is 6.15. The monoisotopic (exact) mass is 281 g/mol. The van der Waals surface area contributed by atoms with Crippen LogP contribution >= 0.6 is 0 Å². The summed E-state index contributed by atoms with van der Waals surface area (Å²) >= 11 is 0. The first-order valence-electron chi connectivity index (χ1n) is 6.57. The van der Waals surface area contributed by atoms with E-state index in [0.29, 0.717) is 17.8 Å². The molecule has 3 N–H and O–H groups in total. The summed E-state index contributed by atoms with van der Waals surface area (Å²) in [7, 11) is 1.61. The molecule has 2 aromatic rings. The van der Waals surface area contributed by atoms with E-state index in [-0.39, 0.29) is 5.91 Å². The molecule has 2 aromatic carbocycles. The molecule has 5 nitrogen and oxygen atoms in total. The highest BCUT2D eigenvalue weighted by Crippen LogP contribution is 2.23. The Morgan fingerprint density at radius 2 is 1.95 bits per heavy atom. The van der Waals surface area contributed by atoms with E-state index in [1.54, 1.807) is 7.11 Å². The SMILES string of the molecule is COc1ccc2c(c1)C(c1ccc(N)cc1)=NNC(=O)C2. The van der Waals surface area contributed by atoms with Gasteiger partial charge in [-0.2, -0.15) is 5.10 Å². The van der Waals surface area contributed by atoms with E-state index >= 15 is 0 Å². The van der Waals surface area contributed by atoms with Crippen molar-refractivity contribution in [3.8, 4) is 5.75 Å². The Labute approximate surface area is 122 Å². The largest absolute Gasteiger partial charge is 0.497 e. The van der Waals surface area contributed by atoms with Gasteiger partial charge in [-0.15, -0.1) is 0 Å². The fourth-order valence-electron chi connectivity index (χ4n) is 2.31. The van der Waals surface area contributed by atoms with Crippen LogP contribution in [0, 0.1) is 0 Å². The number of hydrazone groups is 1. The van der Waals surface area contributed by atoms with Crippen molar-refractivity contribution in [3.05, 3.63) is 59.2 Å². The minimum Gasteiger partial charge on any atom is -0.497 e. The van der Waals surface area contributed by atoms with E-state index in [4.69, 9.17) is 10.5 Å². The Morgan fingerprint density at radius 1 is 1.19 bits per heavy atom. The number of nitrogen functional groups attached to an aromatic ring is 1. The fraction of sp³-hybridized carbons (Fsp3) is 0.125. The van der Waals surface area contributed by atoms with Crippen LogP contribution in [0.5, 0.6) is 5.75 Å². The number of carbonyl (C=O) groups is 1. The first-order valence-corrected chi connectivity index (χ1v) is 6.57. The predicted molar refractivity (Wildman–Crippen MR) is 81.3 cm³/mol. The van der Waals surface area contributed by atoms with Crippen molar-refractivity contribution in [1.29, 1.82) is 0 Å². The van der Waals surface area contributed by atoms with E-state index in [1.165, 1.54) is 0 Å². The molecule has 0 aromatic heterocycles. The molecule has 0 bridgehead atoms. The van der Waals surface area contributed by atoms with Crippen molar-refractivity contribution in [2.45, 2.75) is 6.42 Å². The van der Waals surface area contributed by atoms with Crippen molar-refractivity contribution in [2.75, 3.05) is 12.8 Å². The third-order valence-electron chi connectivity index (χ3n) is 3.40. The van der Waals surface area contributed by atoms with Crippen LogP contribution in [0.2, 0.25) is 0 Å². The summed E-state index contributed by atoms with van der Waals surface area (Å²) in [6.45, 7) is 0. The standard InChI is InChI=1S/C16H15N3O2/c1-21-13-7-4-11-8-15(20)18-19-16(14(11)9-13)10-2-5-12(17)6-3-10/h2-7,9H,8,17H2,1H3,(H,18,20). The minimum atomic E-state index is -0.133. The lowest BCUT2D eigenvalue weighted by molar-refractivity contribution is -0.120. The third kappa shape index (κ3) is 2.58. The molecule has 1 aliphatic rings. The molecular formula is C16H15N3O2. The van der Waals surface area contributed by atoms with Gasteiger partial charge in [-0.25, -0.2) is 5.43 Å². The summed E-state index contributed by atoms with van der Waals surface area (Å²) < 4.78 is 5.27.